The van der Waals surface area contributed by atoms with Gasteiger partial charge in [-0.05, 0) is 79.1 Å². The number of nitrogen functional groups attached to an aromatic ring is 1. The number of rotatable bonds is 12. The molecule has 0 radical (unpaired) electrons. The van der Waals surface area contributed by atoms with Crippen LogP contribution in [-0.4, -0.2) is 151 Å². The van der Waals surface area contributed by atoms with Crippen molar-refractivity contribution in [3.05, 3.63) is 83.4 Å². The fourth-order valence-corrected chi connectivity index (χ4v) is 11.0. The maximum Gasteiger partial charge on any atom is 0.338 e. The highest BCUT2D eigenvalue weighted by molar-refractivity contribution is 5.93. The van der Waals surface area contributed by atoms with Crippen molar-refractivity contribution in [1.29, 1.82) is 0 Å². The highest BCUT2D eigenvalue weighted by Gasteiger charge is 2.54. The molecule has 0 bridgehead atoms. The van der Waals surface area contributed by atoms with Crippen molar-refractivity contribution in [3.63, 3.8) is 0 Å². The molecule has 3 aromatic heterocycles. The standard InChI is InChI=1S/C33H40N2O9.C19H21N5O4.ClH/c1-38-19-7-8-20-21-9-10-35-16-18-13-27(44-32(36)17-11-25(39-2)30(41-4)26(12-17)40-3)31(42-5)28(33(37)43-6)22(18)15-24(35)29(21)34-23(20)14-19;1-26-15-10-12-13(11-16(15)27-2)21-19(22-17(12)20)24-7-5-23(6-8-24)18(25)14-4-3-9-28-14;/h7-8,11-12,14,18,22,24,27-28,31,34H,9-10,13,15-16H2,1-6H3;3-4,9-11H,5-8H2,1-2H3,(H2,20,21,22);1H/t18-,22+,24-,27-,28+,31+;;/m1../s1. The van der Waals surface area contributed by atoms with Gasteiger partial charge in [-0.15, -0.1) is 12.4 Å². The number of aromatic nitrogens is 3. The Bertz CT molecular complexity index is 2920. The lowest BCUT2D eigenvalue weighted by Gasteiger charge is -2.52. The maximum atomic E-state index is 13.5. The number of aromatic amines is 1. The van der Waals surface area contributed by atoms with E-state index in [9.17, 15) is 14.4 Å². The fraction of sp³-hybridized carbons (Fsp3) is 0.442. The molecule has 390 valence electrons. The zero-order valence-corrected chi connectivity index (χ0v) is 42.9. The molecule has 21 heteroatoms. The summed E-state index contributed by atoms with van der Waals surface area (Å²) in [6.45, 7) is 3.98. The van der Waals surface area contributed by atoms with Gasteiger partial charge in [0.1, 0.15) is 23.8 Å². The number of nitrogens with two attached hydrogens (primary N) is 1. The minimum Gasteiger partial charge on any atom is -0.497 e. The lowest BCUT2D eigenvalue weighted by molar-refractivity contribution is -0.176. The van der Waals surface area contributed by atoms with Crippen LogP contribution in [0.3, 0.4) is 0 Å². The van der Waals surface area contributed by atoms with E-state index in [0.717, 1.165) is 37.2 Å². The maximum absolute atomic E-state index is 13.5. The SMILES string of the molecule is COC(=O)[C@H]1[C@H]2C[C@@H]3c4[nH]c5cc(OC)ccc5c4CCN3C[C@H]2C[C@@H](OC(=O)c2cc(OC)c(OC)c(OC)c2)[C@@H]1OC.COc1cc2nc(N3CCN(C(=O)c4ccco4)CC3)nc(N)c2cc1OC.Cl. The molecule has 3 N–H and O–H groups in total. The molecule has 2 saturated heterocycles. The van der Waals surface area contributed by atoms with Gasteiger partial charge in [-0.1, -0.05) is 0 Å². The molecule has 1 amide bonds. The van der Waals surface area contributed by atoms with Gasteiger partial charge in [-0.2, -0.15) is 4.98 Å². The molecule has 4 aliphatic rings. The predicted molar refractivity (Wildman–Crippen MR) is 272 cm³/mol. The van der Waals surface area contributed by atoms with Crippen LogP contribution in [0.5, 0.6) is 34.5 Å². The number of hydrogen-bond acceptors (Lipinski definition) is 18. The number of hydrogen-bond donors (Lipinski definition) is 2. The number of methoxy groups -OCH3 is 8. The lowest BCUT2D eigenvalue weighted by Crippen LogP contribution is -2.58. The van der Waals surface area contributed by atoms with E-state index in [4.69, 9.17) is 52.8 Å². The Kier molecular flexibility index (Phi) is 15.9. The Balaban J connectivity index is 0.000000211. The van der Waals surface area contributed by atoms with Gasteiger partial charge >= 0.3 is 11.9 Å². The first kappa shape index (κ1) is 52.2. The number of benzene rings is 3. The van der Waals surface area contributed by atoms with Crippen LogP contribution >= 0.6 is 12.4 Å². The lowest BCUT2D eigenvalue weighted by atomic mass is 9.63. The number of amides is 1. The van der Waals surface area contributed by atoms with E-state index in [1.54, 1.807) is 69.7 Å². The molecule has 6 atom stereocenters. The molecule has 6 heterocycles. The summed E-state index contributed by atoms with van der Waals surface area (Å²) in [4.78, 5) is 58.4. The molecule has 0 spiro atoms. The van der Waals surface area contributed by atoms with E-state index in [1.807, 2.05) is 17.0 Å². The van der Waals surface area contributed by atoms with Gasteiger partial charge in [0, 0.05) is 80.5 Å². The third kappa shape index (κ3) is 10.0. The van der Waals surface area contributed by atoms with Gasteiger partial charge < -0.3 is 67.6 Å². The van der Waals surface area contributed by atoms with Gasteiger partial charge in [0.15, 0.2) is 28.8 Å². The van der Waals surface area contributed by atoms with Crippen molar-refractivity contribution in [2.45, 2.75) is 37.5 Å². The van der Waals surface area contributed by atoms with Crippen molar-refractivity contribution in [2.24, 2.45) is 17.8 Å². The molecule has 3 aliphatic heterocycles. The first-order valence-electron chi connectivity index (χ1n) is 23.8. The Morgan fingerprint density at radius 3 is 2.11 bits per heavy atom. The molecule has 0 unspecified atom stereocenters. The quantitative estimate of drug-likeness (QED) is 0.127. The number of fused-ring (bicyclic) bond motifs is 7. The average Bonchev–Trinajstić information content (AvgIpc) is 4.10. The normalized spacial score (nSPS) is 21.3. The molecule has 3 fully saturated rings. The van der Waals surface area contributed by atoms with Gasteiger partial charge in [-0.25, -0.2) is 9.78 Å². The van der Waals surface area contributed by atoms with Crippen LogP contribution in [0.2, 0.25) is 0 Å². The van der Waals surface area contributed by atoms with Crippen LogP contribution in [0.1, 0.15) is 51.1 Å². The Morgan fingerprint density at radius 1 is 0.767 bits per heavy atom. The van der Waals surface area contributed by atoms with Gasteiger partial charge in [0.25, 0.3) is 5.91 Å². The van der Waals surface area contributed by atoms with Crippen LogP contribution in [-0.2, 0) is 25.4 Å². The van der Waals surface area contributed by atoms with Gasteiger partial charge in [-0.3, -0.25) is 14.5 Å². The monoisotopic (exact) mass is 1030 g/mol. The fourth-order valence-electron chi connectivity index (χ4n) is 11.0. The predicted octanol–water partition coefficient (Wildman–Crippen LogP) is 6.38. The first-order chi connectivity index (χ1) is 34.9. The van der Waals surface area contributed by atoms with Crippen molar-refractivity contribution < 1.29 is 61.4 Å². The summed E-state index contributed by atoms with van der Waals surface area (Å²) in [7, 11) is 12.2. The van der Waals surface area contributed by atoms with E-state index in [0.29, 0.717) is 89.8 Å². The Hall–Kier alpha value is -7.16. The number of carbonyl (C=O) groups excluding carboxylic acids is 3. The number of nitrogens with zero attached hydrogens (tertiary/aromatic N) is 5. The van der Waals surface area contributed by atoms with Crippen LogP contribution in [0.25, 0.3) is 21.8 Å². The Morgan fingerprint density at radius 2 is 1.48 bits per heavy atom. The first-order valence-corrected chi connectivity index (χ1v) is 23.8. The molecule has 20 nitrogen and oxygen atoms in total. The molecule has 73 heavy (non-hydrogen) atoms. The van der Waals surface area contributed by atoms with Gasteiger partial charge in [0.05, 0.1) is 79.1 Å². The highest BCUT2D eigenvalue weighted by atomic mass is 35.5. The van der Waals surface area contributed by atoms with E-state index in [2.05, 4.69) is 25.9 Å². The van der Waals surface area contributed by atoms with E-state index >= 15 is 0 Å². The molecule has 3 aromatic carbocycles. The molecule has 1 aliphatic carbocycles. The summed E-state index contributed by atoms with van der Waals surface area (Å²) in [5.41, 5.74) is 10.7. The topological polar surface area (TPSA) is 225 Å². The average molecular weight is 1030 g/mol. The van der Waals surface area contributed by atoms with E-state index in [-0.39, 0.29) is 47.7 Å². The molecule has 6 aromatic rings. The largest absolute Gasteiger partial charge is 0.497 e. The number of esters is 2. The number of nitrogens with one attached hydrogen (secondary N) is 1. The summed E-state index contributed by atoms with van der Waals surface area (Å²) in [5.74, 6) is 2.73. The molecule has 10 rings (SSSR count). The van der Waals surface area contributed by atoms with E-state index in [1.165, 1.54) is 51.3 Å². The highest BCUT2D eigenvalue weighted by Crippen LogP contribution is 2.51. The van der Waals surface area contributed by atoms with Crippen LogP contribution in [0.15, 0.2) is 65.3 Å². The van der Waals surface area contributed by atoms with Crippen LogP contribution in [0, 0.1) is 17.8 Å². The summed E-state index contributed by atoms with van der Waals surface area (Å²) in [6.07, 6.45) is 2.42. The second-order valence-corrected chi connectivity index (χ2v) is 18.1. The molecular formula is C52H62ClN7O13. The number of H-pyrrole nitrogens is 1. The van der Waals surface area contributed by atoms with Crippen molar-refractivity contribution >= 4 is 63.8 Å². The van der Waals surface area contributed by atoms with E-state index < -0.39 is 24.1 Å². The van der Waals surface area contributed by atoms with Crippen LogP contribution in [0.4, 0.5) is 11.8 Å². The number of piperidine rings is 1. The second-order valence-electron chi connectivity index (χ2n) is 18.1. The van der Waals surface area contributed by atoms with Crippen molar-refractivity contribution in [1.82, 2.24) is 24.8 Å². The zero-order valence-electron chi connectivity index (χ0n) is 42.1. The van der Waals surface area contributed by atoms with Crippen LogP contribution < -0.4 is 39.1 Å². The second kappa shape index (κ2) is 22.3. The summed E-state index contributed by atoms with van der Waals surface area (Å²) >= 11 is 0. The third-order valence-corrected chi connectivity index (χ3v) is 14.6. The Labute approximate surface area is 428 Å². The molecule has 1 saturated carbocycles. The van der Waals surface area contributed by atoms with Crippen molar-refractivity contribution in [3.8, 4) is 34.5 Å². The van der Waals surface area contributed by atoms with Crippen molar-refractivity contribution in [2.75, 3.05) is 107 Å². The number of anilines is 2. The number of halogens is 1. The molecular weight excluding hydrogens is 966 g/mol. The third-order valence-electron chi connectivity index (χ3n) is 14.6. The summed E-state index contributed by atoms with van der Waals surface area (Å²) < 4.78 is 55.0. The number of ether oxygens (including phenoxy) is 9. The summed E-state index contributed by atoms with van der Waals surface area (Å²) in [5, 5.41) is 1.91. The number of carbonyl (C=O) groups is 3. The zero-order chi connectivity index (χ0) is 50.8. The summed E-state index contributed by atoms with van der Waals surface area (Å²) in [6, 6.07) is 16.3. The number of piperazine rings is 1. The minimum atomic E-state index is -0.670. The van der Waals surface area contributed by atoms with Gasteiger partial charge in [0.2, 0.25) is 11.7 Å². The number of furan rings is 1. The smallest absolute Gasteiger partial charge is 0.338 e. The minimum absolute atomic E-state index is 0.